The fourth-order valence-electron chi connectivity index (χ4n) is 2.19. The highest BCUT2D eigenvalue weighted by Gasteiger charge is 2.26. The molecule has 0 aliphatic rings. The maximum atomic E-state index is 11.9. The minimum Gasteiger partial charge on any atom is -0.308 e. The molecule has 0 heterocycles. The Morgan fingerprint density at radius 1 is 0.895 bits per heavy atom. The van der Waals surface area contributed by atoms with Crippen molar-refractivity contribution in [3.8, 4) is 0 Å². The highest BCUT2D eigenvalue weighted by Crippen LogP contribution is 2.14. The summed E-state index contributed by atoms with van der Waals surface area (Å²) in [4.78, 5) is 0. The summed E-state index contributed by atoms with van der Waals surface area (Å²) < 4.78 is 35.8. The molecule has 0 spiro atoms. The quantitative estimate of drug-likeness (QED) is 0.478. The zero-order chi connectivity index (χ0) is 14.6. The highest BCUT2D eigenvalue weighted by atomic mass is 19.4. The lowest BCUT2D eigenvalue weighted by Crippen LogP contribution is -2.31. The minimum absolute atomic E-state index is 0.336. The monoisotopic (exact) mass is 281 g/mol. The van der Waals surface area contributed by atoms with Gasteiger partial charge in [-0.3, -0.25) is 0 Å². The van der Waals surface area contributed by atoms with E-state index in [1.54, 1.807) is 0 Å². The fraction of sp³-hybridized carbons (Fsp3) is 1.00. The first-order valence-electron chi connectivity index (χ1n) is 7.73. The molecule has 0 saturated heterocycles. The number of rotatable bonds is 12. The van der Waals surface area contributed by atoms with Crippen LogP contribution in [0.5, 0.6) is 0 Å². The second-order valence-corrected chi connectivity index (χ2v) is 5.61. The van der Waals surface area contributed by atoms with E-state index in [1.807, 2.05) is 6.92 Å². The first-order chi connectivity index (χ1) is 8.95. The molecule has 1 nitrogen and oxygen atoms in total. The molecule has 0 aromatic rings. The zero-order valence-corrected chi connectivity index (χ0v) is 12.5. The molecular weight excluding hydrogens is 251 g/mol. The fourth-order valence-corrected chi connectivity index (χ4v) is 2.19. The average Bonchev–Trinajstić information content (AvgIpc) is 2.31. The number of hydrogen-bond donors (Lipinski definition) is 1. The SMILES string of the molecule is CCCCCCCCCCC(C)CNCC(F)(F)F. The Bertz CT molecular complexity index is 192. The summed E-state index contributed by atoms with van der Waals surface area (Å²) in [5.41, 5.74) is 0. The molecule has 1 unspecified atom stereocenters. The summed E-state index contributed by atoms with van der Waals surface area (Å²) in [6.07, 6.45) is 7.17. The molecule has 0 rings (SSSR count). The van der Waals surface area contributed by atoms with Crippen molar-refractivity contribution in [3.63, 3.8) is 0 Å². The van der Waals surface area contributed by atoms with Crippen molar-refractivity contribution in [2.24, 2.45) is 5.92 Å². The number of alkyl halides is 3. The van der Waals surface area contributed by atoms with Crippen LogP contribution in [-0.4, -0.2) is 19.3 Å². The van der Waals surface area contributed by atoms with Crippen LogP contribution in [0.1, 0.15) is 71.6 Å². The van der Waals surface area contributed by atoms with Gasteiger partial charge >= 0.3 is 6.18 Å². The number of unbranched alkanes of at least 4 members (excludes halogenated alkanes) is 7. The third-order valence-corrected chi connectivity index (χ3v) is 3.37. The van der Waals surface area contributed by atoms with E-state index in [0.717, 1.165) is 12.8 Å². The van der Waals surface area contributed by atoms with Gasteiger partial charge in [0.05, 0.1) is 6.54 Å². The predicted molar refractivity (Wildman–Crippen MR) is 75.3 cm³/mol. The molecular formula is C15H30F3N. The highest BCUT2D eigenvalue weighted by molar-refractivity contribution is 4.61. The Labute approximate surface area is 116 Å². The molecule has 116 valence electrons. The van der Waals surface area contributed by atoms with Crippen molar-refractivity contribution in [2.45, 2.75) is 77.8 Å². The van der Waals surface area contributed by atoms with Crippen molar-refractivity contribution in [1.29, 1.82) is 0 Å². The summed E-state index contributed by atoms with van der Waals surface area (Å²) in [7, 11) is 0. The molecule has 0 fully saturated rings. The lowest BCUT2D eigenvalue weighted by molar-refractivity contribution is -0.125. The maximum Gasteiger partial charge on any atom is 0.401 e. The summed E-state index contributed by atoms with van der Waals surface area (Å²) in [6, 6.07) is 0. The molecule has 19 heavy (non-hydrogen) atoms. The molecule has 4 heteroatoms. The Balaban J connectivity index is 3.23. The molecule has 0 amide bonds. The summed E-state index contributed by atoms with van der Waals surface area (Å²) in [5, 5.41) is 2.48. The molecule has 0 aromatic carbocycles. The lowest BCUT2D eigenvalue weighted by Gasteiger charge is -2.13. The van der Waals surface area contributed by atoms with E-state index in [4.69, 9.17) is 0 Å². The average molecular weight is 281 g/mol. The van der Waals surface area contributed by atoms with Crippen molar-refractivity contribution < 1.29 is 13.2 Å². The number of hydrogen-bond acceptors (Lipinski definition) is 1. The van der Waals surface area contributed by atoms with Crippen LogP contribution < -0.4 is 5.32 Å². The van der Waals surface area contributed by atoms with E-state index >= 15 is 0 Å². The molecule has 0 saturated carbocycles. The number of halogens is 3. The van der Waals surface area contributed by atoms with Crippen LogP contribution in [0.25, 0.3) is 0 Å². The molecule has 0 aliphatic heterocycles. The molecule has 1 atom stereocenters. The van der Waals surface area contributed by atoms with Crippen LogP contribution in [0.3, 0.4) is 0 Å². The smallest absolute Gasteiger partial charge is 0.308 e. The van der Waals surface area contributed by atoms with Gasteiger partial charge in [0.25, 0.3) is 0 Å². The second kappa shape index (κ2) is 11.6. The molecule has 0 aliphatic carbocycles. The van der Waals surface area contributed by atoms with E-state index in [0.29, 0.717) is 12.5 Å². The van der Waals surface area contributed by atoms with Gasteiger partial charge in [0.2, 0.25) is 0 Å². The van der Waals surface area contributed by atoms with Crippen molar-refractivity contribution >= 4 is 0 Å². The standard InChI is InChI=1S/C15H30F3N/c1-3-4-5-6-7-8-9-10-11-14(2)12-19-13-15(16,17)18/h14,19H,3-13H2,1-2H3. The summed E-state index contributed by atoms with van der Waals surface area (Å²) >= 11 is 0. The Morgan fingerprint density at radius 2 is 1.42 bits per heavy atom. The Morgan fingerprint density at radius 3 is 1.95 bits per heavy atom. The van der Waals surface area contributed by atoms with Crippen molar-refractivity contribution in [1.82, 2.24) is 5.32 Å². The van der Waals surface area contributed by atoms with Crippen LogP contribution >= 0.6 is 0 Å². The minimum atomic E-state index is -4.09. The normalized spacial score (nSPS) is 13.7. The maximum absolute atomic E-state index is 11.9. The van der Waals surface area contributed by atoms with E-state index in [9.17, 15) is 13.2 Å². The molecule has 0 radical (unpaired) electrons. The number of nitrogens with one attached hydrogen (secondary N) is 1. The zero-order valence-electron chi connectivity index (χ0n) is 12.5. The van der Waals surface area contributed by atoms with Gasteiger partial charge < -0.3 is 5.32 Å². The van der Waals surface area contributed by atoms with Gasteiger partial charge in [-0.05, 0) is 18.9 Å². The van der Waals surface area contributed by atoms with E-state index in [2.05, 4.69) is 12.2 Å². The third-order valence-electron chi connectivity index (χ3n) is 3.37. The van der Waals surface area contributed by atoms with Gasteiger partial charge in [0.15, 0.2) is 0 Å². The molecule has 1 N–H and O–H groups in total. The van der Waals surface area contributed by atoms with Gasteiger partial charge in [0.1, 0.15) is 0 Å². The third kappa shape index (κ3) is 15.7. The van der Waals surface area contributed by atoms with Crippen molar-refractivity contribution in [3.05, 3.63) is 0 Å². The van der Waals surface area contributed by atoms with E-state index in [-0.39, 0.29) is 0 Å². The van der Waals surface area contributed by atoms with E-state index in [1.165, 1.54) is 44.9 Å². The Kier molecular flexibility index (Phi) is 11.4. The first-order valence-corrected chi connectivity index (χ1v) is 7.73. The van der Waals surface area contributed by atoms with Crippen LogP contribution in [0, 0.1) is 5.92 Å². The topological polar surface area (TPSA) is 12.0 Å². The van der Waals surface area contributed by atoms with Crippen LogP contribution in [0.2, 0.25) is 0 Å². The molecule has 0 aromatic heterocycles. The largest absolute Gasteiger partial charge is 0.401 e. The summed E-state index contributed by atoms with van der Waals surface area (Å²) in [5.74, 6) is 0.336. The lowest BCUT2D eigenvalue weighted by atomic mass is 10.0. The molecule has 0 bridgehead atoms. The first kappa shape index (κ1) is 18.8. The van der Waals surface area contributed by atoms with E-state index < -0.39 is 12.7 Å². The van der Waals surface area contributed by atoms with Crippen LogP contribution in [0.15, 0.2) is 0 Å². The Hall–Kier alpha value is -0.250. The van der Waals surface area contributed by atoms with Crippen molar-refractivity contribution in [2.75, 3.05) is 13.1 Å². The second-order valence-electron chi connectivity index (χ2n) is 5.61. The summed E-state index contributed by atoms with van der Waals surface area (Å²) in [6.45, 7) is 3.84. The predicted octanol–water partition coefficient (Wildman–Crippen LogP) is 5.31. The van der Waals surface area contributed by atoms with Gasteiger partial charge in [0, 0.05) is 0 Å². The van der Waals surface area contributed by atoms with Gasteiger partial charge in [-0.1, -0.05) is 65.2 Å². The van der Waals surface area contributed by atoms with Gasteiger partial charge in [-0.15, -0.1) is 0 Å². The van der Waals surface area contributed by atoms with Gasteiger partial charge in [-0.2, -0.15) is 13.2 Å². The van der Waals surface area contributed by atoms with Gasteiger partial charge in [-0.25, -0.2) is 0 Å². The van der Waals surface area contributed by atoms with Crippen LogP contribution in [-0.2, 0) is 0 Å². The van der Waals surface area contributed by atoms with Crippen LogP contribution in [0.4, 0.5) is 13.2 Å².